The average molecular weight is 586 g/mol. The van der Waals surface area contributed by atoms with Gasteiger partial charge in [0.25, 0.3) is 0 Å². The van der Waals surface area contributed by atoms with Crippen LogP contribution in [0.2, 0.25) is 0 Å². The van der Waals surface area contributed by atoms with Gasteiger partial charge in [-0.05, 0) is 98.0 Å². The lowest BCUT2D eigenvalue weighted by atomic mass is 9.79. The lowest BCUT2D eigenvalue weighted by Crippen LogP contribution is -2.51. The van der Waals surface area contributed by atoms with E-state index in [1.807, 2.05) is 32.1 Å². The number of amides is 2. The third-order valence-corrected chi connectivity index (χ3v) is 7.03. The van der Waals surface area contributed by atoms with Crippen molar-refractivity contribution in [3.8, 4) is 0 Å². The molecule has 2 heterocycles. The molecule has 1 saturated heterocycles. The molecule has 2 aliphatic heterocycles. The molecular formula is C31H47N5O6. The van der Waals surface area contributed by atoms with Crippen LogP contribution in [0.5, 0.6) is 0 Å². The fourth-order valence-corrected chi connectivity index (χ4v) is 5.36. The Hall–Kier alpha value is -3.60. The first kappa shape index (κ1) is 32.9. The van der Waals surface area contributed by atoms with Crippen LogP contribution in [0.1, 0.15) is 89.7 Å². The number of rotatable bonds is 9. The number of nitrogens with one attached hydrogen (secondary N) is 3. The number of carbonyl (C=O) groups is 3. The molecule has 3 rings (SSSR count). The number of nitrogens with zero attached hydrogens (tertiary/aromatic N) is 2. The molecule has 1 fully saturated rings. The minimum Gasteiger partial charge on any atom is -0.462 e. The number of alkyl carbamates (subject to hydrolysis) is 1. The number of hydrogen-bond acceptors (Lipinski definition) is 8. The second kappa shape index (κ2) is 15.0. The van der Waals surface area contributed by atoms with Crippen molar-refractivity contribution in [1.29, 1.82) is 0 Å². The van der Waals surface area contributed by atoms with E-state index in [1.165, 1.54) is 0 Å². The van der Waals surface area contributed by atoms with E-state index in [-0.39, 0.29) is 30.6 Å². The predicted molar refractivity (Wildman–Crippen MR) is 163 cm³/mol. The monoisotopic (exact) mass is 585 g/mol. The largest absolute Gasteiger partial charge is 0.462 e. The van der Waals surface area contributed by atoms with E-state index in [9.17, 15) is 14.4 Å². The second-order valence-electron chi connectivity index (χ2n) is 11.7. The van der Waals surface area contributed by atoms with Crippen LogP contribution in [0.15, 0.2) is 34.8 Å². The zero-order valence-electron chi connectivity index (χ0n) is 26.0. The Bertz CT molecular complexity index is 1170. The molecule has 42 heavy (non-hydrogen) atoms. The molecule has 232 valence electrons. The maximum atomic E-state index is 13.3. The van der Waals surface area contributed by atoms with Crippen molar-refractivity contribution in [1.82, 2.24) is 16.0 Å². The molecule has 1 aromatic carbocycles. The van der Waals surface area contributed by atoms with Crippen LogP contribution in [-0.2, 0) is 14.2 Å². The Morgan fingerprint density at radius 1 is 1.14 bits per heavy atom. The zero-order valence-corrected chi connectivity index (χ0v) is 26.0. The van der Waals surface area contributed by atoms with Gasteiger partial charge in [0, 0.05) is 24.5 Å². The van der Waals surface area contributed by atoms with Gasteiger partial charge in [-0.1, -0.05) is 11.6 Å². The number of allylic oxidation sites excluding steroid dienone is 1. The Balaban J connectivity index is 1.78. The summed E-state index contributed by atoms with van der Waals surface area (Å²) in [5, 5.41) is 9.54. The number of esters is 1. The molecule has 0 saturated carbocycles. The predicted octanol–water partition coefficient (Wildman–Crippen LogP) is 5.08. The fourth-order valence-electron chi connectivity index (χ4n) is 5.36. The van der Waals surface area contributed by atoms with Crippen molar-refractivity contribution < 1.29 is 28.6 Å². The normalized spacial score (nSPS) is 19.7. The van der Waals surface area contributed by atoms with Crippen molar-refractivity contribution in [2.24, 2.45) is 10.9 Å². The summed E-state index contributed by atoms with van der Waals surface area (Å²) in [5.74, 6) is 0.0997. The van der Waals surface area contributed by atoms with E-state index in [0.717, 1.165) is 29.8 Å². The molecule has 11 heteroatoms. The van der Waals surface area contributed by atoms with Crippen LogP contribution in [0.3, 0.4) is 0 Å². The molecule has 0 spiro atoms. The van der Waals surface area contributed by atoms with Crippen LogP contribution in [0, 0.1) is 5.92 Å². The molecular weight excluding hydrogens is 538 g/mol. The summed E-state index contributed by atoms with van der Waals surface area (Å²) in [4.78, 5) is 44.4. The van der Waals surface area contributed by atoms with Gasteiger partial charge in [-0.2, -0.15) is 0 Å². The SMILES string of the molecule is CCOC(=O)c1ccc2c(c1)C1NCCC1C(CCCNC(=NCC=C(C)C)NC(=O)OC(C)(C)C)N2C(=O)OCC. The van der Waals surface area contributed by atoms with Crippen LogP contribution < -0.4 is 20.9 Å². The number of fused-ring (bicyclic) bond motifs is 3. The molecule has 0 radical (unpaired) electrons. The summed E-state index contributed by atoms with van der Waals surface area (Å²) < 4.78 is 16.1. The maximum Gasteiger partial charge on any atom is 0.414 e. The lowest BCUT2D eigenvalue weighted by molar-refractivity contribution is 0.0523. The van der Waals surface area contributed by atoms with E-state index in [0.29, 0.717) is 44.1 Å². The van der Waals surface area contributed by atoms with Gasteiger partial charge in [-0.25, -0.2) is 19.4 Å². The number of guanidine groups is 1. The van der Waals surface area contributed by atoms with Crippen molar-refractivity contribution in [3.63, 3.8) is 0 Å². The minimum atomic E-state index is -0.633. The summed E-state index contributed by atoms with van der Waals surface area (Å²) in [7, 11) is 0. The minimum absolute atomic E-state index is 0.00745. The van der Waals surface area contributed by atoms with Crippen LogP contribution in [0.25, 0.3) is 0 Å². The molecule has 0 aromatic heterocycles. The van der Waals surface area contributed by atoms with Crippen LogP contribution >= 0.6 is 0 Å². The van der Waals surface area contributed by atoms with E-state index in [1.54, 1.807) is 45.6 Å². The Labute approximate surface area is 249 Å². The summed E-state index contributed by atoms with van der Waals surface area (Å²) in [6.07, 6.45) is 3.28. The van der Waals surface area contributed by atoms with Gasteiger partial charge >= 0.3 is 18.2 Å². The molecule has 2 aliphatic rings. The number of hydrogen-bond donors (Lipinski definition) is 3. The number of benzene rings is 1. The number of ether oxygens (including phenoxy) is 3. The quantitative estimate of drug-likeness (QED) is 0.0914. The first-order valence-corrected chi connectivity index (χ1v) is 14.9. The van der Waals surface area contributed by atoms with Gasteiger partial charge in [0.1, 0.15) is 5.60 Å². The molecule has 0 aliphatic carbocycles. The van der Waals surface area contributed by atoms with Crippen molar-refractivity contribution >= 4 is 29.8 Å². The third-order valence-electron chi connectivity index (χ3n) is 7.03. The van der Waals surface area contributed by atoms with Gasteiger partial charge in [0.2, 0.25) is 5.96 Å². The highest BCUT2D eigenvalue weighted by atomic mass is 16.6. The molecule has 3 N–H and O–H groups in total. The summed E-state index contributed by atoms with van der Waals surface area (Å²) >= 11 is 0. The molecule has 1 aromatic rings. The summed E-state index contributed by atoms with van der Waals surface area (Å²) in [6.45, 7) is 15.3. The molecule has 11 nitrogen and oxygen atoms in total. The molecule has 0 bridgehead atoms. The number of carbonyl (C=O) groups excluding carboxylic acids is 3. The fraction of sp³-hybridized carbons (Fsp3) is 0.613. The standard InChI is InChI=1S/C31H47N5O6/c1-8-40-27(37)21-12-13-25-23(19-21)26-22(15-18-32-26)24(36(25)30(39)41-9-2)11-10-16-33-28(34-17-14-20(3)4)35-29(38)42-31(5,6)7/h12-14,19,22,24,26,32H,8-11,15-18H2,1-7H3,(H2,33,34,35,38). The van der Waals surface area contributed by atoms with Crippen LogP contribution in [-0.4, -0.2) is 68.6 Å². The lowest BCUT2D eigenvalue weighted by Gasteiger charge is -2.43. The number of aliphatic imine (C=N–C) groups is 1. The van der Waals surface area contributed by atoms with E-state index in [2.05, 4.69) is 20.9 Å². The highest BCUT2D eigenvalue weighted by molar-refractivity contribution is 5.95. The van der Waals surface area contributed by atoms with E-state index in [4.69, 9.17) is 14.2 Å². The number of anilines is 1. The summed E-state index contributed by atoms with van der Waals surface area (Å²) in [6, 6.07) is 5.25. The molecule has 3 atom stereocenters. The molecule has 3 unspecified atom stereocenters. The smallest absolute Gasteiger partial charge is 0.414 e. The second-order valence-corrected chi connectivity index (χ2v) is 11.7. The van der Waals surface area contributed by atoms with Crippen LogP contribution in [0.4, 0.5) is 15.3 Å². The van der Waals surface area contributed by atoms with Crippen molar-refractivity contribution in [2.45, 2.75) is 85.4 Å². The highest BCUT2D eigenvalue weighted by Gasteiger charge is 2.46. The first-order valence-electron chi connectivity index (χ1n) is 14.9. The average Bonchev–Trinajstić information content (AvgIpc) is 3.39. The maximum absolute atomic E-state index is 13.3. The van der Waals surface area contributed by atoms with Gasteiger partial charge in [0.05, 0.1) is 31.0 Å². The van der Waals surface area contributed by atoms with Crippen molar-refractivity contribution in [3.05, 3.63) is 41.0 Å². The topological polar surface area (TPSA) is 131 Å². The van der Waals surface area contributed by atoms with Crippen molar-refractivity contribution in [2.75, 3.05) is 37.7 Å². The van der Waals surface area contributed by atoms with E-state index < -0.39 is 17.8 Å². The Morgan fingerprint density at radius 3 is 2.55 bits per heavy atom. The Kier molecular flexibility index (Phi) is 11.8. The Morgan fingerprint density at radius 2 is 1.88 bits per heavy atom. The van der Waals surface area contributed by atoms with Gasteiger partial charge in [-0.3, -0.25) is 10.2 Å². The molecule has 2 amide bonds. The van der Waals surface area contributed by atoms with E-state index >= 15 is 0 Å². The highest BCUT2D eigenvalue weighted by Crippen LogP contribution is 2.46. The first-order chi connectivity index (χ1) is 19.9. The van der Waals surface area contributed by atoms with Gasteiger partial charge in [0.15, 0.2) is 0 Å². The summed E-state index contributed by atoms with van der Waals surface area (Å²) in [5.41, 5.74) is 2.60. The van der Waals surface area contributed by atoms with Gasteiger partial charge < -0.3 is 24.8 Å². The van der Waals surface area contributed by atoms with Gasteiger partial charge in [-0.15, -0.1) is 0 Å². The third kappa shape index (κ3) is 8.95. The zero-order chi connectivity index (χ0) is 30.9.